The number of amides is 1. The third-order valence-corrected chi connectivity index (χ3v) is 8.20. The number of rotatable bonds is 8. The Labute approximate surface area is 206 Å². The first-order valence-corrected chi connectivity index (χ1v) is 13.3. The van der Waals surface area contributed by atoms with E-state index < -0.39 is 15.9 Å². The average molecular weight is 498 g/mol. The maximum Gasteiger partial charge on any atom is 0.232 e. The summed E-state index contributed by atoms with van der Waals surface area (Å²) in [5.41, 5.74) is 2.65. The van der Waals surface area contributed by atoms with Crippen LogP contribution in [0.25, 0.3) is 0 Å². The second-order valence-corrected chi connectivity index (χ2v) is 10.7. The quantitative estimate of drug-likeness (QED) is 0.514. The molecule has 0 spiro atoms. The van der Waals surface area contributed by atoms with Gasteiger partial charge in [0.05, 0.1) is 22.4 Å². The van der Waals surface area contributed by atoms with E-state index in [-0.39, 0.29) is 18.2 Å². The molecule has 1 heterocycles. The number of carbonyl (C=O) groups excluding carboxylic acids is 1. The van der Waals surface area contributed by atoms with Crippen LogP contribution in [0.2, 0.25) is 5.02 Å². The molecule has 8 heteroatoms. The minimum Gasteiger partial charge on any atom is -0.368 e. The summed E-state index contributed by atoms with van der Waals surface area (Å²) in [6.07, 6.45) is 0. The molecular weight excluding hydrogens is 470 g/mol. The zero-order chi connectivity index (χ0) is 24.0. The minimum absolute atomic E-state index is 0.0576. The predicted molar refractivity (Wildman–Crippen MR) is 137 cm³/mol. The van der Waals surface area contributed by atoms with Crippen molar-refractivity contribution in [3.05, 3.63) is 101 Å². The molecule has 0 saturated carbocycles. The van der Waals surface area contributed by atoms with Gasteiger partial charge in [0.25, 0.3) is 0 Å². The summed E-state index contributed by atoms with van der Waals surface area (Å²) in [6, 6.07) is 26.6. The van der Waals surface area contributed by atoms with Gasteiger partial charge in [-0.25, -0.2) is 8.42 Å². The molecule has 4 rings (SSSR count). The van der Waals surface area contributed by atoms with E-state index in [1.54, 1.807) is 0 Å². The maximum atomic E-state index is 13.1. The highest BCUT2D eigenvalue weighted by Gasteiger charge is 2.28. The van der Waals surface area contributed by atoms with Crippen LogP contribution in [0, 0.1) is 0 Å². The number of hydrogen-bond acceptors (Lipinski definition) is 4. The number of anilines is 1. The number of sulfonamides is 1. The van der Waals surface area contributed by atoms with Crippen molar-refractivity contribution in [1.29, 1.82) is 0 Å². The molecule has 0 atom stereocenters. The zero-order valence-corrected chi connectivity index (χ0v) is 20.4. The molecule has 178 valence electrons. The fourth-order valence-corrected chi connectivity index (χ4v) is 5.83. The van der Waals surface area contributed by atoms with Crippen LogP contribution in [0.1, 0.15) is 17.0 Å². The van der Waals surface area contributed by atoms with E-state index in [1.165, 1.54) is 4.31 Å². The van der Waals surface area contributed by atoms with Gasteiger partial charge in [0.1, 0.15) is 0 Å². The Balaban J connectivity index is 1.35. The van der Waals surface area contributed by atoms with Gasteiger partial charge in [-0.2, -0.15) is 4.31 Å². The lowest BCUT2D eigenvalue weighted by molar-refractivity contribution is -0.121. The molecule has 3 aromatic rings. The van der Waals surface area contributed by atoms with E-state index >= 15 is 0 Å². The van der Waals surface area contributed by atoms with Crippen molar-refractivity contribution in [3.63, 3.8) is 0 Å². The monoisotopic (exact) mass is 497 g/mol. The molecular formula is C26H28ClN3O3S. The number of piperazine rings is 1. The largest absolute Gasteiger partial charge is 0.368 e. The SMILES string of the molecule is O=C(NCCS(=O)(=O)N1CCN(c2ccccc2Cl)CC1)C(c1ccccc1)c1ccccc1. The maximum absolute atomic E-state index is 13.1. The van der Waals surface area contributed by atoms with Crippen LogP contribution < -0.4 is 10.2 Å². The van der Waals surface area contributed by atoms with Gasteiger partial charge < -0.3 is 10.2 Å². The highest BCUT2D eigenvalue weighted by molar-refractivity contribution is 7.89. The second-order valence-electron chi connectivity index (χ2n) is 8.20. The van der Waals surface area contributed by atoms with Crippen LogP contribution in [0.5, 0.6) is 0 Å². The highest BCUT2D eigenvalue weighted by atomic mass is 35.5. The van der Waals surface area contributed by atoms with Crippen molar-refractivity contribution in [2.24, 2.45) is 0 Å². The lowest BCUT2D eigenvalue weighted by Gasteiger charge is -2.35. The van der Waals surface area contributed by atoms with Crippen molar-refractivity contribution in [3.8, 4) is 0 Å². The molecule has 1 saturated heterocycles. The Morgan fingerprint density at radius 1 is 0.824 bits per heavy atom. The molecule has 1 amide bonds. The molecule has 6 nitrogen and oxygen atoms in total. The lowest BCUT2D eigenvalue weighted by atomic mass is 9.90. The minimum atomic E-state index is -3.49. The summed E-state index contributed by atoms with van der Waals surface area (Å²) < 4.78 is 27.3. The predicted octanol–water partition coefficient (Wildman–Crippen LogP) is 3.74. The van der Waals surface area contributed by atoms with E-state index in [1.807, 2.05) is 84.9 Å². The first kappa shape index (κ1) is 24.3. The van der Waals surface area contributed by atoms with Crippen LogP contribution in [-0.2, 0) is 14.8 Å². The van der Waals surface area contributed by atoms with Gasteiger partial charge in [-0.3, -0.25) is 4.79 Å². The number of benzene rings is 3. The Hall–Kier alpha value is -2.87. The number of nitrogens with zero attached hydrogens (tertiary/aromatic N) is 2. The molecule has 1 fully saturated rings. The van der Waals surface area contributed by atoms with Gasteiger partial charge in [-0.05, 0) is 23.3 Å². The van der Waals surface area contributed by atoms with E-state index in [0.717, 1.165) is 16.8 Å². The van der Waals surface area contributed by atoms with Crippen molar-refractivity contribution in [1.82, 2.24) is 9.62 Å². The summed E-state index contributed by atoms with van der Waals surface area (Å²) in [5, 5.41) is 3.50. The molecule has 1 N–H and O–H groups in total. The summed E-state index contributed by atoms with van der Waals surface area (Å²) in [6.45, 7) is 1.97. The number of carbonyl (C=O) groups is 1. The average Bonchev–Trinajstić information content (AvgIpc) is 2.86. The third-order valence-electron chi connectivity index (χ3n) is 6.01. The number of nitrogens with one attached hydrogen (secondary N) is 1. The molecule has 1 aliphatic rings. The summed E-state index contributed by atoms with van der Waals surface area (Å²) >= 11 is 6.28. The van der Waals surface area contributed by atoms with Gasteiger partial charge >= 0.3 is 0 Å². The van der Waals surface area contributed by atoms with Gasteiger partial charge in [-0.1, -0.05) is 84.4 Å². The summed E-state index contributed by atoms with van der Waals surface area (Å²) in [7, 11) is -3.49. The van der Waals surface area contributed by atoms with Crippen LogP contribution >= 0.6 is 11.6 Å². The topological polar surface area (TPSA) is 69.7 Å². The van der Waals surface area contributed by atoms with Crippen LogP contribution in [-0.4, -0.2) is 57.1 Å². The molecule has 34 heavy (non-hydrogen) atoms. The van der Waals surface area contributed by atoms with Gasteiger partial charge in [0, 0.05) is 32.7 Å². The Kier molecular flexibility index (Phi) is 7.88. The van der Waals surface area contributed by atoms with Gasteiger partial charge in [0.15, 0.2) is 0 Å². The molecule has 3 aromatic carbocycles. The molecule has 0 aromatic heterocycles. The van der Waals surface area contributed by atoms with Crippen LogP contribution in [0.3, 0.4) is 0 Å². The van der Waals surface area contributed by atoms with E-state index in [4.69, 9.17) is 11.6 Å². The molecule has 0 radical (unpaired) electrons. The van der Waals surface area contributed by atoms with Crippen LogP contribution in [0.4, 0.5) is 5.69 Å². The van der Waals surface area contributed by atoms with Gasteiger partial charge in [0.2, 0.25) is 15.9 Å². The fraction of sp³-hybridized carbons (Fsp3) is 0.269. The Bertz CT molecular complexity index is 1160. The number of para-hydroxylation sites is 1. The van der Waals surface area contributed by atoms with Crippen molar-refractivity contribution in [2.75, 3.05) is 43.4 Å². The number of hydrogen-bond donors (Lipinski definition) is 1. The zero-order valence-electron chi connectivity index (χ0n) is 18.8. The van der Waals surface area contributed by atoms with Gasteiger partial charge in [-0.15, -0.1) is 0 Å². The molecule has 0 bridgehead atoms. The first-order chi connectivity index (χ1) is 16.5. The van der Waals surface area contributed by atoms with E-state index in [0.29, 0.717) is 31.2 Å². The van der Waals surface area contributed by atoms with E-state index in [9.17, 15) is 13.2 Å². The van der Waals surface area contributed by atoms with Crippen molar-refractivity contribution < 1.29 is 13.2 Å². The molecule has 0 unspecified atom stereocenters. The molecule has 0 aliphatic carbocycles. The van der Waals surface area contributed by atoms with Crippen LogP contribution in [0.15, 0.2) is 84.9 Å². The highest BCUT2D eigenvalue weighted by Crippen LogP contribution is 2.27. The third kappa shape index (κ3) is 5.78. The summed E-state index contributed by atoms with van der Waals surface area (Å²) in [5.74, 6) is -0.846. The number of halogens is 1. The Morgan fingerprint density at radius 3 is 1.91 bits per heavy atom. The Morgan fingerprint density at radius 2 is 1.35 bits per heavy atom. The van der Waals surface area contributed by atoms with E-state index in [2.05, 4.69) is 10.2 Å². The standard InChI is InChI=1S/C26H28ClN3O3S/c27-23-13-7-8-14-24(23)29-16-18-30(19-17-29)34(32,33)20-15-28-26(31)25(21-9-3-1-4-10-21)22-11-5-2-6-12-22/h1-14,25H,15-20H2,(H,28,31). The second kappa shape index (κ2) is 11.0. The lowest BCUT2D eigenvalue weighted by Crippen LogP contribution is -2.50. The fourth-order valence-electron chi connectivity index (χ4n) is 4.24. The normalized spacial score (nSPS) is 14.8. The summed E-state index contributed by atoms with van der Waals surface area (Å²) in [4.78, 5) is 15.2. The van der Waals surface area contributed by atoms with Crippen molar-refractivity contribution >= 4 is 33.2 Å². The first-order valence-electron chi connectivity index (χ1n) is 11.3. The smallest absolute Gasteiger partial charge is 0.232 e. The molecule has 1 aliphatic heterocycles. The van der Waals surface area contributed by atoms with Crippen molar-refractivity contribution in [2.45, 2.75) is 5.92 Å².